The summed E-state index contributed by atoms with van der Waals surface area (Å²) in [6, 6.07) is 0.582. The van der Waals surface area contributed by atoms with Crippen LogP contribution in [0.25, 0.3) is 0 Å². The average molecular weight is 524 g/mol. The Bertz CT molecular complexity index is 813. The molecule has 0 atom stereocenters. The van der Waals surface area contributed by atoms with Crippen molar-refractivity contribution >= 4 is 35.4 Å². The van der Waals surface area contributed by atoms with E-state index in [4.69, 9.17) is 0 Å². The highest BCUT2D eigenvalue weighted by Gasteiger charge is 2.23. The molecule has 2 saturated carbocycles. The van der Waals surface area contributed by atoms with Crippen LogP contribution in [-0.2, 0) is 28.8 Å². The van der Waals surface area contributed by atoms with Crippen LogP contribution >= 0.6 is 0 Å². The fourth-order valence-corrected chi connectivity index (χ4v) is 3.26. The van der Waals surface area contributed by atoms with E-state index < -0.39 is 0 Å². The number of amides is 6. The van der Waals surface area contributed by atoms with Gasteiger partial charge in [-0.15, -0.1) is 0 Å². The molecule has 0 aromatic carbocycles. The van der Waals surface area contributed by atoms with Crippen LogP contribution < -0.4 is 31.9 Å². The summed E-state index contributed by atoms with van der Waals surface area (Å²) < 4.78 is 0. The zero-order valence-corrected chi connectivity index (χ0v) is 21.7. The van der Waals surface area contributed by atoms with Crippen LogP contribution in [0.4, 0.5) is 0 Å². The van der Waals surface area contributed by atoms with Gasteiger partial charge in [0, 0.05) is 76.9 Å². The van der Waals surface area contributed by atoms with Gasteiger partial charge in [0.25, 0.3) is 0 Å². The molecule has 6 amide bonds. The maximum absolute atomic E-state index is 12.0. The van der Waals surface area contributed by atoms with Crippen molar-refractivity contribution in [2.45, 2.75) is 69.9 Å². The quantitative estimate of drug-likeness (QED) is 0.112. The van der Waals surface area contributed by atoms with E-state index in [2.05, 4.69) is 31.9 Å². The first-order valence-electron chi connectivity index (χ1n) is 13.1. The molecule has 0 spiro atoms. The lowest BCUT2D eigenvalue weighted by atomic mass is 10.3. The number of hydrogen-bond donors (Lipinski definition) is 6. The van der Waals surface area contributed by atoms with Crippen molar-refractivity contribution < 1.29 is 28.8 Å². The second-order valence-electron chi connectivity index (χ2n) is 9.57. The number of nitrogens with zero attached hydrogens (tertiary/aromatic N) is 1. The van der Waals surface area contributed by atoms with Crippen molar-refractivity contribution in [3.8, 4) is 0 Å². The molecule has 0 unspecified atom stereocenters. The van der Waals surface area contributed by atoms with Crippen LogP contribution in [0.5, 0.6) is 0 Å². The van der Waals surface area contributed by atoms with Gasteiger partial charge in [0.1, 0.15) is 0 Å². The van der Waals surface area contributed by atoms with Gasteiger partial charge in [-0.2, -0.15) is 0 Å². The fraction of sp³-hybridized carbons (Fsp3) is 0.750. The first kappa shape index (κ1) is 30.0. The maximum atomic E-state index is 12.0. The second kappa shape index (κ2) is 16.5. The van der Waals surface area contributed by atoms with Gasteiger partial charge in [0.05, 0.1) is 6.54 Å². The third-order valence-electron chi connectivity index (χ3n) is 5.72. The Labute approximate surface area is 217 Å². The molecule has 6 N–H and O–H groups in total. The van der Waals surface area contributed by atoms with E-state index >= 15 is 0 Å². The van der Waals surface area contributed by atoms with Crippen LogP contribution in [0.15, 0.2) is 0 Å². The van der Waals surface area contributed by atoms with Gasteiger partial charge >= 0.3 is 0 Å². The van der Waals surface area contributed by atoms with Crippen molar-refractivity contribution in [1.82, 2.24) is 36.8 Å². The van der Waals surface area contributed by atoms with Gasteiger partial charge in [-0.25, -0.2) is 0 Å². The fourth-order valence-electron chi connectivity index (χ4n) is 3.26. The molecule has 0 radical (unpaired) electrons. The molecule has 0 heterocycles. The monoisotopic (exact) mass is 523 g/mol. The molecule has 208 valence electrons. The zero-order valence-electron chi connectivity index (χ0n) is 21.7. The van der Waals surface area contributed by atoms with Crippen LogP contribution in [0.3, 0.4) is 0 Å². The van der Waals surface area contributed by atoms with Crippen LogP contribution in [0.2, 0.25) is 0 Å². The van der Waals surface area contributed by atoms with Gasteiger partial charge in [0.15, 0.2) is 0 Å². The van der Waals surface area contributed by atoms with Gasteiger partial charge < -0.3 is 31.9 Å². The summed E-state index contributed by atoms with van der Waals surface area (Å²) in [5.41, 5.74) is 0. The Morgan fingerprint density at radius 2 is 0.919 bits per heavy atom. The lowest BCUT2D eigenvalue weighted by Gasteiger charge is -2.16. The van der Waals surface area contributed by atoms with E-state index in [9.17, 15) is 28.8 Å². The largest absolute Gasteiger partial charge is 0.356 e. The third-order valence-corrected chi connectivity index (χ3v) is 5.72. The first-order valence-corrected chi connectivity index (χ1v) is 13.1. The van der Waals surface area contributed by atoms with Gasteiger partial charge in [-0.3, -0.25) is 33.7 Å². The minimum Gasteiger partial charge on any atom is -0.356 e. The molecule has 2 fully saturated rings. The lowest BCUT2D eigenvalue weighted by molar-refractivity contribution is -0.126. The summed E-state index contributed by atoms with van der Waals surface area (Å²) in [6.45, 7) is 1.53. The van der Waals surface area contributed by atoms with Crippen molar-refractivity contribution in [2.75, 3.05) is 46.3 Å². The Kier molecular flexibility index (Phi) is 13.4. The summed E-state index contributed by atoms with van der Waals surface area (Å²) in [6.07, 6.45) is 4.78. The van der Waals surface area contributed by atoms with Crippen LogP contribution in [0, 0.1) is 0 Å². The van der Waals surface area contributed by atoms with Gasteiger partial charge in [-0.05, 0) is 32.7 Å². The summed E-state index contributed by atoms with van der Waals surface area (Å²) in [5.74, 6) is -1.15. The van der Waals surface area contributed by atoms with Gasteiger partial charge in [0.2, 0.25) is 35.4 Å². The number of likely N-dealkylation sites (N-methyl/N-ethyl adjacent to an activating group) is 1. The topological polar surface area (TPSA) is 178 Å². The second-order valence-corrected chi connectivity index (χ2v) is 9.57. The smallest absolute Gasteiger partial charge is 0.234 e. The molecular weight excluding hydrogens is 482 g/mol. The van der Waals surface area contributed by atoms with E-state index in [-0.39, 0.29) is 99.8 Å². The number of carbonyl (C=O) groups excluding carboxylic acids is 6. The normalized spacial score (nSPS) is 14.4. The molecule has 37 heavy (non-hydrogen) atoms. The van der Waals surface area contributed by atoms with E-state index in [1.807, 2.05) is 0 Å². The molecule has 0 aromatic heterocycles. The van der Waals surface area contributed by atoms with Crippen molar-refractivity contribution in [3.63, 3.8) is 0 Å². The van der Waals surface area contributed by atoms with Crippen molar-refractivity contribution in [1.29, 1.82) is 0 Å². The molecule has 0 bridgehead atoms. The van der Waals surface area contributed by atoms with E-state index in [0.717, 1.165) is 25.7 Å². The van der Waals surface area contributed by atoms with E-state index in [0.29, 0.717) is 19.1 Å². The van der Waals surface area contributed by atoms with Gasteiger partial charge in [-0.1, -0.05) is 0 Å². The van der Waals surface area contributed by atoms with E-state index in [1.54, 1.807) is 11.9 Å². The Morgan fingerprint density at radius 3 is 1.43 bits per heavy atom. The summed E-state index contributed by atoms with van der Waals surface area (Å²) in [5, 5.41) is 16.3. The molecule has 0 aliphatic heterocycles. The number of hydrogen-bond acceptors (Lipinski definition) is 7. The zero-order chi connectivity index (χ0) is 27.0. The Morgan fingerprint density at radius 1 is 0.541 bits per heavy atom. The average Bonchev–Trinajstić information content (AvgIpc) is 3.75. The highest BCUT2D eigenvalue weighted by Crippen LogP contribution is 2.19. The summed E-state index contributed by atoms with van der Waals surface area (Å²) >= 11 is 0. The molecule has 2 rings (SSSR count). The third kappa shape index (κ3) is 16.2. The molecule has 0 aromatic rings. The Balaban J connectivity index is 1.39. The highest BCUT2D eigenvalue weighted by molar-refractivity contribution is 5.84. The molecule has 2 aliphatic rings. The minimum absolute atomic E-state index is 0.0718. The van der Waals surface area contributed by atoms with Crippen molar-refractivity contribution in [3.05, 3.63) is 0 Å². The highest BCUT2D eigenvalue weighted by atomic mass is 16.2. The SMILES string of the molecule is CN(CCNC(=O)CCC(=O)NC1CC1)CC(=O)NCCC(=O)NCCC(=O)NCCC(=O)NC1CC1. The Hall–Kier alpha value is -3.22. The van der Waals surface area contributed by atoms with Crippen LogP contribution in [-0.4, -0.2) is 98.7 Å². The van der Waals surface area contributed by atoms with Crippen LogP contribution in [0.1, 0.15) is 57.8 Å². The predicted molar refractivity (Wildman–Crippen MR) is 135 cm³/mol. The number of nitrogens with one attached hydrogen (secondary N) is 6. The molecule has 0 saturated heterocycles. The molecule has 13 nitrogen and oxygen atoms in total. The maximum Gasteiger partial charge on any atom is 0.234 e. The minimum atomic E-state index is -0.279. The standard InChI is InChI=1S/C24H41N7O6/c1-31(15-14-28-19(32)6-7-22(35)29-17-2-3-17)16-24(37)27-12-9-21(34)25-11-8-20(33)26-13-10-23(36)30-18-4-5-18/h17-18H,2-16H2,1H3,(H,25,34)(H,26,33)(H,27,37)(H,28,32)(H,29,35)(H,30,36). The molecule has 13 heteroatoms. The lowest BCUT2D eigenvalue weighted by Crippen LogP contribution is -2.40. The summed E-state index contributed by atoms with van der Waals surface area (Å²) in [4.78, 5) is 72.3. The number of rotatable bonds is 19. The summed E-state index contributed by atoms with van der Waals surface area (Å²) in [7, 11) is 1.74. The number of carbonyl (C=O) groups is 6. The molecular formula is C24H41N7O6. The van der Waals surface area contributed by atoms with Crippen molar-refractivity contribution in [2.24, 2.45) is 0 Å². The molecule has 2 aliphatic carbocycles. The predicted octanol–water partition coefficient (Wildman–Crippen LogP) is -2.11. The first-order chi connectivity index (χ1) is 17.7. The van der Waals surface area contributed by atoms with E-state index in [1.165, 1.54) is 0 Å².